The molecule has 3 aromatic rings. The molecule has 1 amide bonds. The fourth-order valence-electron chi connectivity index (χ4n) is 3.37. The van der Waals surface area contributed by atoms with Gasteiger partial charge in [0.2, 0.25) is 12.7 Å². The molecule has 0 bridgehead atoms. The Morgan fingerprint density at radius 2 is 2.19 bits per heavy atom. The number of nitrogens with zero attached hydrogens (tertiary/aromatic N) is 2. The molecule has 0 spiro atoms. The first-order valence-electron chi connectivity index (χ1n) is 10.4. The van der Waals surface area contributed by atoms with Crippen LogP contribution in [0.2, 0.25) is 0 Å². The van der Waals surface area contributed by atoms with Crippen molar-refractivity contribution in [1.29, 1.82) is 0 Å². The lowest BCUT2D eigenvalue weighted by Gasteiger charge is -2.17. The van der Waals surface area contributed by atoms with Crippen molar-refractivity contribution in [3.63, 3.8) is 0 Å². The second-order valence-electron chi connectivity index (χ2n) is 7.26. The minimum absolute atomic E-state index is 0.0668. The molecule has 2 aromatic heterocycles. The van der Waals surface area contributed by atoms with Crippen LogP contribution in [0, 0.1) is 0 Å². The highest BCUT2D eigenvalue weighted by atomic mass is 32.2. The molecule has 170 valence electrons. The molecule has 0 saturated heterocycles. The fourth-order valence-corrected chi connectivity index (χ4v) is 5.18. The van der Waals surface area contributed by atoms with Crippen LogP contribution >= 0.6 is 23.1 Å². The Labute approximate surface area is 193 Å². The van der Waals surface area contributed by atoms with E-state index in [4.69, 9.17) is 19.2 Å². The highest BCUT2D eigenvalue weighted by Gasteiger charge is 2.23. The molecule has 1 N–H and O–H groups in total. The first kappa shape index (κ1) is 22.6. The van der Waals surface area contributed by atoms with Gasteiger partial charge in [-0.1, -0.05) is 24.8 Å². The van der Waals surface area contributed by atoms with E-state index in [2.05, 4.69) is 5.32 Å². The number of hydrogen-bond acceptors (Lipinski definition) is 8. The number of rotatable bonds is 10. The average molecular weight is 476 g/mol. The second kappa shape index (κ2) is 10.4. The summed E-state index contributed by atoms with van der Waals surface area (Å²) in [7, 11) is 1.64. The molecule has 1 atom stereocenters. The van der Waals surface area contributed by atoms with Gasteiger partial charge in [-0.2, -0.15) is 0 Å². The van der Waals surface area contributed by atoms with Crippen LogP contribution in [0.15, 0.2) is 39.6 Å². The quantitative estimate of drug-likeness (QED) is 0.273. The number of fused-ring (bicyclic) bond motifs is 2. The van der Waals surface area contributed by atoms with Gasteiger partial charge in [0.05, 0.1) is 17.3 Å². The first-order chi connectivity index (χ1) is 15.6. The number of hydrogen-bond donors (Lipinski definition) is 1. The van der Waals surface area contributed by atoms with Crippen molar-refractivity contribution >= 4 is 39.2 Å². The Morgan fingerprint density at radius 3 is 3.00 bits per heavy atom. The molecule has 10 heteroatoms. The maximum Gasteiger partial charge on any atom is 0.272 e. The van der Waals surface area contributed by atoms with Crippen molar-refractivity contribution < 1.29 is 19.0 Å². The van der Waals surface area contributed by atoms with Gasteiger partial charge in [-0.3, -0.25) is 14.2 Å². The minimum Gasteiger partial charge on any atom is -0.454 e. The summed E-state index contributed by atoms with van der Waals surface area (Å²) in [5.41, 5.74) is 1.44. The van der Waals surface area contributed by atoms with E-state index < -0.39 is 0 Å². The minimum atomic E-state index is -0.358. The molecule has 0 aliphatic carbocycles. The average Bonchev–Trinajstić information content (AvgIpc) is 3.46. The summed E-state index contributed by atoms with van der Waals surface area (Å²) >= 11 is 2.69. The van der Waals surface area contributed by atoms with E-state index in [-0.39, 0.29) is 23.5 Å². The van der Waals surface area contributed by atoms with Gasteiger partial charge in [0.1, 0.15) is 4.70 Å². The van der Waals surface area contributed by atoms with Gasteiger partial charge in [-0.25, -0.2) is 4.98 Å². The number of carbonyl (C=O) groups excluding carboxylic acids is 1. The number of methoxy groups -OCH3 is 1. The summed E-state index contributed by atoms with van der Waals surface area (Å²) in [5.74, 6) is 1.29. The molecule has 32 heavy (non-hydrogen) atoms. The maximum atomic E-state index is 13.3. The Morgan fingerprint density at radius 1 is 1.34 bits per heavy atom. The standard InChI is InChI=1S/C22H25N3O5S2/c1-3-18(20(26)23-8-4-9-28-2)32-22-24-15-7-10-31-19(15)21(27)25(22)12-14-5-6-16-17(11-14)30-13-29-16/h5-7,10-11,18H,3-4,8-9,12-13H2,1-2H3,(H,23,26). The van der Waals surface area contributed by atoms with Gasteiger partial charge in [0.15, 0.2) is 16.7 Å². The van der Waals surface area contributed by atoms with Gasteiger partial charge in [0.25, 0.3) is 5.56 Å². The second-order valence-corrected chi connectivity index (χ2v) is 9.35. The number of thiophene rings is 1. The first-order valence-corrected chi connectivity index (χ1v) is 12.2. The Bertz CT molecular complexity index is 1160. The molecule has 1 aromatic carbocycles. The van der Waals surface area contributed by atoms with Crippen LogP contribution in [0.5, 0.6) is 11.5 Å². The van der Waals surface area contributed by atoms with Crippen molar-refractivity contribution in [2.75, 3.05) is 27.1 Å². The zero-order chi connectivity index (χ0) is 22.5. The summed E-state index contributed by atoms with van der Waals surface area (Å²) in [4.78, 5) is 30.7. The van der Waals surface area contributed by atoms with Gasteiger partial charge >= 0.3 is 0 Å². The number of thioether (sulfide) groups is 1. The predicted octanol–water partition coefficient (Wildman–Crippen LogP) is 3.26. The SMILES string of the molecule is CCC(Sc1nc2ccsc2c(=O)n1Cc1ccc2c(c1)OCO2)C(=O)NCCCOC. The molecular formula is C22H25N3O5S2. The Hall–Kier alpha value is -2.56. The molecule has 1 aliphatic heterocycles. The highest BCUT2D eigenvalue weighted by molar-refractivity contribution is 8.00. The molecule has 0 fully saturated rings. The topological polar surface area (TPSA) is 91.7 Å². The maximum absolute atomic E-state index is 13.3. The van der Waals surface area contributed by atoms with Crippen LogP contribution in [-0.2, 0) is 16.1 Å². The van der Waals surface area contributed by atoms with Crippen LogP contribution in [0.1, 0.15) is 25.3 Å². The van der Waals surface area contributed by atoms with E-state index in [1.807, 2.05) is 36.6 Å². The third-order valence-corrected chi connectivity index (χ3v) is 7.29. The van der Waals surface area contributed by atoms with Crippen molar-refractivity contribution in [3.05, 3.63) is 45.6 Å². The van der Waals surface area contributed by atoms with Crippen LogP contribution in [0.25, 0.3) is 10.2 Å². The van der Waals surface area contributed by atoms with Crippen LogP contribution in [0.4, 0.5) is 0 Å². The normalized spacial score (nSPS) is 13.4. The van der Waals surface area contributed by atoms with Gasteiger partial charge in [0, 0.05) is 20.3 Å². The largest absolute Gasteiger partial charge is 0.454 e. The van der Waals surface area contributed by atoms with Gasteiger partial charge in [-0.15, -0.1) is 11.3 Å². The van der Waals surface area contributed by atoms with Gasteiger partial charge < -0.3 is 19.5 Å². The number of benzene rings is 1. The molecule has 0 saturated carbocycles. The summed E-state index contributed by atoms with van der Waals surface area (Å²) < 4.78 is 18.1. The van der Waals surface area contributed by atoms with E-state index >= 15 is 0 Å². The lowest BCUT2D eigenvalue weighted by Crippen LogP contribution is -2.34. The van der Waals surface area contributed by atoms with Crippen LogP contribution in [-0.4, -0.2) is 47.8 Å². The molecule has 1 unspecified atom stereocenters. The number of amides is 1. The molecule has 0 radical (unpaired) electrons. The number of ether oxygens (including phenoxy) is 3. The molecule has 3 heterocycles. The lowest BCUT2D eigenvalue weighted by atomic mass is 10.2. The van der Waals surface area contributed by atoms with Crippen LogP contribution < -0.4 is 20.3 Å². The van der Waals surface area contributed by atoms with Crippen molar-refractivity contribution in [2.24, 2.45) is 0 Å². The van der Waals surface area contributed by atoms with E-state index in [0.29, 0.717) is 53.0 Å². The Kier molecular flexibility index (Phi) is 7.33. The van der Waals surface area contributed by atoms with Crippen LogP contribution in [0.3, 0.4) is 0 Å². The zero-order valence-corrected chi connectivity index (χ0v) is 19.6. The molecule has 8 nitrogen and oxygen atoms in total. The predicted molar refractivity (Wildman–Crippen MR) is 125 cm³/mol. The van der Waals surface area contributed by atoms with Crippen molar-refractivity contribution in [2.45, 2.75) is 36.7 Å². The smallest absolute Gasteiger partial charge is 0.272 e. The highest BCUT2D eigenvalue weighted by Crippen LogP contribution is 2.33. The number of aromatic nitrogens is 2. The molecule has 1 aliphatic rings. The summed E-state index contributed by atoms with van der Waals surface area (Å²) in [6, 6.07) is 7.46. The van der Waals surface area contributed by atoms with Crippen molar-refractivity contribution in [1.82, 2.24) is 14.9 Å². The molecular weight excluding hydrogens is 450 g/mol. The molecule has 4 rings (SSSR count). The van der Waals surface area contributed by atoms with Gasteiger partial charge in [-0.05, 0) is 42.0 Å². The number of carbonyl (C=O) groups is 1. The third-order valence-electron chi connectivity index (χ3n) is 5.04. The van der Waals surface area contributed by atoms with E-state index in [1.54, 1.807) is 11.7 Å². The zero-order valence-electron chi connectivity index (χ0n) is 18.0. The summed E-state index contributed by atoms with van der Waals surface area (Å²) in [6.07, 6.45) is 1.36. The third kappa shape index (κ3) is 4.92. The fraction of sp³-hybridized carbons (Fsp3) is 0.409. The monoisotopic (exact) mass is 475 g/mol. The summed E-state index contributed by atoms with van der Waals surface area (Å²) in [5, 5.41) is 4.98. The van der Waals surface area contributed by atoms with E-state index in [9.17, 15) is 9.59 Å². The van der Waals surface area contributed by atoms with Crippen molar-refractivity contribution in [3.8, 4) is 11.5 Å². The lowest BCUT2D eigenvalue weighted by molar-refractivity contribution is -0.120. The Balaban J connectivity index is 1.61. The number of nitrogens with one attached hydrogen (secondary N) is 1. The van der Waals surface area contributed by atoms with E-state index in [1.165, 1.54) is 23.1 Å². The van der Waals surface area contributed by atoms with E-state index in [0.717, 1.165) is 12.0 Å². The summed E-state index contributed by atoms with van der Waals surface area (Å²) in [6.45, 7) is 3.61.